The van der Waals surface area contributed by atoms with Crippen molar-refractivity contribution >= 4 is 17.6 Å². The zero-order chi connectivity index (χ0) is 9.73. The van der Waals surface area contributed by atoms with Gasteiger partial charge in [0.25, 0.3) is 0 Å². The molecule has 1 saturated carbocycles. The molecule has 3 nitrogen and oxygen atoms in total. The van der Waals surface area contributed by atoms with Gasteiger partial charge in [-0.2, -0.15) is 0 Å². The molecule has 0 radical (unpaired) electrons. The Morgan fingerprint density at radius 2 is 2.08 bits per heavy atom. The van der Waals surface area contributed by atoms with Gasteiger partial charge >= 0.3 is 6.03 Å². The summed E-state index contributed by atoms with van der Waals surface area (Å²) in [4.78, 5) is 11.3. The van der Waals surface area contributed by atoms with Crippen LogP contribution in [0.25, 0.3) is 0 Å². The third kappa shape index (κ3) is 3.43. The molecule has 1 rings (SSSR count). The summed E-state index contributed by atoms with van der Waals surface area (Å²) in [7, 11) is 0. The number of halogens is 1. The maximum atomic E-state index is 11.3. The smallest absolute Gasteiger partial charge is 0.315 e. The second-order valence-electron chi connectivity index (χ2n) is 3.84. The molecule has 76 valence electrons. The zero-order valence-electron chi connectivity index (χ0n) is 8.03. The van der Waals surface area contributed by atoms with Gasteiger partial charge in [0.2, 0.25) is 0 Å². The van der Waals surface area contributed by atoms with Gasteiger partial charge in [-0.15, -0.1) is 11.6 Å². The first kappa shape index (κ1) is 10.6. The first-order valence-electron chi connectivity index (χ1n) is 4.78. The molecule has 0 bridgehead atoms. The number of carbonyl (C=O) groups excluding carboxylic acids is 1. The van der Waals surface area contributed by atoms with E-state index in [0.717, 1.165) is 12.8 Å². The number of carbonyl (C=O) groups is 1. The highest BCUT2D eigenvalue weighted by Gasteiger charge is 2.29. The molecule has 0 atom stereocenters. The summed E-state index contributed by atoms with van der Waals surface area (Å²) < 4.78 is 0. The van der Waals surface area contributed by atoms with Gasteiger partial charge in [0.15, 0.2) is 0 Å². The Labute approximate surface area is 84.2 Å². The Kier molecular flexibility index (Phi) is 3.85. The molecule has 0 aliphatic heterocycles. The minimum Gasteiger partial charge on any atom is -0.337 e. The fraction of sp³-hybridized carbons (Fsp3) is 0.889. The topological polar surface area (TPSA) is 41.1 Å². The van der Waals surface area contributed by atoms with Crippen LogP contribution in [-0.4, -0.2) is 24.0 Å². The van der Waals surface area contributed by atoms with E-state index in [9.17, 15) is 4.79 Å². The Hall–Kier alpha value is -0.440. The second kappa shape index (κ2) is 4.70. The summed E-state index contributed by atoms with van der Waals surface area (Å²) in [6.07, 6.45) is 4.60. The number of urea groups is 1. The van der Waals surface area contributed by atoms with E-state index >= 15 is 0 Å². The first-order valence-corrected chi connectivity index (χ1v) is 5.32. The largest absolute Gasteiger partial charge is 0.337 e. The van der Waals surface area contributed by atoms with Crippen LogP contribution in [0.5, 0.6) is 0 Å². The Morgan fingerprint density at radius 3 is 2.62 bits per heavy atom. The van der Waals surface area contributed by atoms with Crippen LogP contribution in [0.15, 0.2) is 0 Å². The van der Waals surface area contributed by atoms with Crippen molar-refractivity contribution in [3.05, 3.63) is 0 Å². The summed E-state index contributed by atoms with van der Waals surface area (Å²) >= 11 is 5.45. The van der Waals surface area contributed by atoms with E-state index in [1.165, 1.54) is 12.8 Å². The molecule has 1 fully saturated rings. The van der Waals surface area contributed by atoms with Crippen LogP contribution < -0.4 is 10.6 Å². The van der Waals surface area contributed by atoms with Crippen LogP contribution in [0.3, 0.4) is 0 Å². The summed E-state index contributed by atoms with van der Waals surface area (Å²) in [6, 6.07) is -0.0925. The maximum Gasteiger partial charge on any atom is 0.315 e. The molecule has 0 aromatic rings. The lowest BCUT2D eigenvalue weighted by atomic mass is 10.0. The van der Waals surface area contributed by atoms with Crippen LogP contribution in [0.1, 0.15) is 32.6 Å². The molecule has 1 aliphatic rings. The van der Waals surface area contributed by atoms with Gasteiger partial charge in [-0.1, -0.05) is 12.8 Å². The highest BCUT2D eigenvalue weighted by molar-refractivity contribution is 6.18. The minimum atomic E-state index is -0.0925. The van der Waals surface area contributed by atoms with E-state index in [4.69, 9.17) is 11.6 Å². The SMILES string of the molecule is CC1(NC(=O)NCCCl)CCCC1. The molecule has 0 saturated heterocycles. The van der Waals surface area contributed by atoms with Gasteiger partial charge in [-0.3, -0.25) is 0 Å². The van der Waals surface area contributed by atoms with E-state index < -0.39 is 0 Å². The van der Waals surface area contributed by atoms with Crippen molar-refractivity contribution in [1.82, 2.24) is 10.6 Å². The normalized spacial score (nSPS) is 19.8. The molecule has 1 aliphatic carbocycles. The molecule has 13 heavy (non-hydrogen) atoms. The number of amides is 2. The van der Waals surface area contributed by atoms with Crippen LogP contribution in [0, 0.1) is 0 Å². The van der Waals surface area contributed by atoms with Gasteiger partial charge < -0.3 is 10.6 Å². The third-order valence-corrected chi connectivity index (χ3v) is 2.69. The number of rotatable bonds is 3. The number of hydrogen-bond acceptors (Lipinski definition) is 1. The lowest BCUT2D eigenvalue weighted by molar-refractivity contribution is 0.228. The van der Waals surface area contributed by atoms with Crippen molar-refractivity contribution in [3.63, 3.8) is 0 Å². The van der Waals surface area contributed by atoms with Crippen LogP contribution in [-0.2, 0) is 0 Å². The molecule has 0 heterocycles. The van der Waals surface area contributed by atoms with Crippen molar-refractivity contribution in [2.75, 3.05) is 12.4 Å². The predicted molar refractivity (Wildman–Crippen MR) is 54.1 cm³/mol. The zero-order valence-corrected chi connectivity index (χ0v) is 8.78. The van der Waals surface area contributed by atoms with E-state index in [-0.39, 0.29) is 11.6 Å². The fourth-order valence-corrected chi connectivity index (χ4v) is 1.85. The van der Waals surface area contributed by atoms with Crippen molar-refractivity contribution < 1.29 is 4.79 Å². The van der Waals surface area contributed by atoms with E-state index in [1.54, 1.807) is 0 Å². The Morgan fingerprint density at radius 1 is 1.46 bits per heavy atom. The monoisotopic (exact) mass is 204 g/mol. The number of nitrogens with one attached hydrogen (secondary N) is 2. The first-order chi connectivity index (χ1) is 6.16. The molecule has 2 amide bonds. The van der Waals surface area contributed by atoms with Crippen molar-refractivity contribution in [2.45, 2.75) is 38.1 Å². The van der Waals surface area contributed by atoms with E-state index in [1.807, 2.05) is 0 Å². The molecule has 2 N–H and O–H groups in total. The average molecular weight is 205 g/mol. The molecule has 0 aromatic heterocycles. The average Bonchev–Trinajstić information content (AvgIpc) is 2.48. The Balaban J connectivity index is 2.26. The van der Waals surface area contributed by atoms with E-state index in [0.29, 0.717) is 12.4 Å². The van der Waals surface area contributed by atoms with Crippen LogP contribution in [0.2, 0.25) is 0 Å². The van der Waals surface area contributed by atoms with Gasteiger partial charge in [0.1, 0.15) is 0 Å². The van der Waals surface area contributed by atoms with Gasteiger partial charge in [-0.05, 0) is 19.8 Å². The van der Waals surface area contributed by atoms with Crippen molar-refractivity contribution in [3.8, 4) is 0 Å². The maximum absolute atomic E-state index is 11.3. The quantitative estimate of drug-likeness (QED) is 0.677. The second-order valence-corrected chi connectivity index (χ2v) is 4.22. The lowest BCUT2D eigenvalue weighted by Crippen LogP contribution is -2.48. The lowest BCUT2D eigenvalue weighted by Gasteiger charge is -2.25. The van der Waals surface area contributed by atoms with Gasteiger partial charge in [-0.25, -0.2) is 4.79 Å². The standard InChI is InChI=1S/C9H17ClN2O/c1-9(4-2-3-5-9)12-8(13)11-7-6-10/h2-7H2,1H3,(H2,11,12,13). The molecule has 0 unspecified atom stereocenters. The predicted octanol–water partition coefficient (Wildman–Crippen LogP) is 1.86. The molecule has 0 spiro atoms. The van der Waals surface area contributed by atoms with Gasteiger partial charge in [0, 0.05) is 18.0 Å². The summed E-state index contributed by atoms with van der Waals surface area (Å²) in [5.41, 5.74) is 0.0103. The highest BCUT2D eigenvalue weighted by atomic mass is 35.5. The highest BCUT2D eigenvalue weighted by Crippen LogP contribution is 2.28. The fourth-order valence-electron chi connectivity index (χ4n) is 1.76. The van der Waals surface area contributed by atoms with Crippen LogP contribution in [0.4, 0.5) is 4.79 Å². The molecule has 4 heteroatoms. The van der Waals surface area contributed by atoms with E-state index in [2.05, 4.69) is 17.6 Å². The van der Waals surface area contributed by atoms with Crippen LogP contribution >= 0.6 is 11.6 Å². The minimum absolute atomic E-state index is 0.0103. The van der Waals surface area contributed by atoms with Crippen molar-refractivity contribution in [2.24, 2.45) is 0 Å². The Bertz CT molecular complexity index is 178. The summed E-state index contributed by atoms with van der Waals surface area (Å²) in [5, 5.41) is 5.68. The molecular formula is C9H17ClN2O. The van der Waals surface area contributed by atoms with Gasteiger partial charge in [0.05, 0.1) is 0 Å². The summed E-state index contributed by atoms with van der Waals surface area (Å²) in [5.74, 6) is 0.462. The third-order valence-electron chi connectivity index (χ3n) is 2.50. The number of alkyl halides is 1. The summed E-state index contributed by atoms with van der Waals surface area (Å²) in [6.45, 7) is 2.63. The number of hydrogen-bond donors (Lipinski definition) is 2. The van der Waals surface area contributed by atoms with Crippen molar-refractivity contribution in [1.29, 1.82) is 0 Å². The molecular weight excluding hydrogens is 188 g/mol. The molecule has 0 aromatic carbocycles.